The largest absolute Gasteiger partial charge is 0.339 e. The Morgan fingerprint density at radius 1 is 1.04 bits per heavy atom. The highest BCUT2D eigenvalue weighted by Gasteiger charge is 2.24. The molecule has 2 rings (SSSR count). The van der Waals surface area contributed by atoms with E-state index in [2.05, 4.69) is 16.9 Å². The van der Waals surface area contributed by atoms with Crippen LogP contribution in [0, 0.1) is 0 Å². The number of nitrogens with zero attached hydrogens (tertiary/aromatic N) is 5. The highest BCUT2D eigenvalue weighted by atomic mass is 16.2. The number of amides is 3. The van der Waals surface area contributed by atoms with Gasteiger partial charge in [0.25, 0.3) is 5.91 Å². The lowest BCUT2D eigenvalue weighted by Gasteiger charge is -2.34. The van der Waals surface area contributed by atoms with Gasteiger partial charge < -0.3 is 14.7 Å². The van der Waals surface area contributed by atoms with Gasteiger partial charge in [0.2, 0.25) is 11.8 Å². The van der Waals surface area contributed by atoms with Crippen LogP contribution in [0.5, 0.6) is 0 Å². The Balaban J connectivity index is 1.90. The summed E-state index contributed by atoms with van der Waals surface area (Å²) in [5.41, 5.74) is 0.302. The van der Waals surface area contributed by atoms with E-state index in [1.807, 2.05) is 0 Å². The van der Waals surface area contributed by atoms with E-state index in [-0.39, 0.29) is 24.1 Å². The topological polar surface area (TPSA) is 86.7 Å². The molecule has 0 spiro atoms. The lowest BCUT2D eigenvalue weighted by Crippen LogP contribution is -2.50. The molecule has 0 aliphatic carbocycles. The maximum absolute atomic E-state index is 12.7. The van der Waals surface area contributed by atoms with Crippen LogP contribution in [0.1, 0.15) is 50.0 Å². The molecule has 0 saturated carbocycles. The fourth-order valence-corrected chi connectivity index (χ4v) is 3.10. The predicted molar refractivity (Wildman–Crippen MR) is 101 cm³/mol. The van der Waals surface area contributed by atoms with Gasteiger partial charge in [-0.05, 0) is 6.42 Å². The van der Waals surface area contributed by atoms with E-state index in [1.165, 1.54) is 18.6 Å². The molecule has 1 saturated heterocycles. The maximum atomic E-state index is 12.7. The second kappa shape index (κ2) is 10.6. The quantitative estimate of drug-likeness (QED) is 0.637. The number of hydrogen-bond donors (Lipinski definition) is 0. The van der Waals surface area contributed by atoms with Crippen molar-refractivity contribution in [1.82, 2.24) is 24.7 Å². The van der Waals surface area contributed by atoms with E-state index < -0.39 is 0 Å². The normalized spacial score (nSPS) is 14.1. The third kappa shape index (κ3) is 6.30. The van der Waals surface area contributed by atoms with Gasteiger partial charge in [-0.3, -0.25) is 19.4 Å². The SMILES string of the molecule is CCCCCN(CCC(=O)N1CCN(C(C)=O)CC1)C(=O)c1cnccn1. The number of carbonyl (C=O) groups is 3. The molecule has 0 radical (unpaired) electrons. The Hall–Kier alpha value is -2.51. The summed E-state index contributed by atoms with van der Waals surface area (Å²) in [5.74, 6) is -0.127. The van der Waals surface area contributed by atoms with Crippen LogP contribution < -0.4 is 0 Å². The second-order valence-corrected chi connectivity index (χ2v) is 6.73. The maximum Gasteiger partial charge on any atom is 0.274 e. The minimum absolute atomic E-state index is 0.0191. The molecule has 0 atom stereocenters. The molecule has 8 heteroatoms. The van der Waals surface area contributed by atoms with Crippen molar-refractivity contribution in [2.45, 2.75) is 39.5 Å². The first-order valence-electron chi connectivity index (χ1n) is 9.61. The number of hydrogen-bond acceptors (Lipinski definition) is 5. The van der Waals surface area contributed by atoms with Crippen molar-refractivity contribution in [3.63, 3.8) is 0 Å². The molecule has 8 nitrogen and oxygen atoms in total. The van der Waals surface area contributed by atoms with Crippen LogP contribution in [0.4, 0.5) is 0 Å². The van der Waals surface area contributed by atoms with E-state index in [1.54, 1.807) is 21.6 Å². The third-order valence-corrected chi connectivity index (χ3v) is 4.77. The molecule has 0 aromatic carbocycles. The number of rotatable bonds is 8. The Bertz CT molecular complexity index is 629. The summed E-state index contributed by atoms with van der Waals surface area (Å²) in [7, 11) is 0. The van der Waals surface area contributed by atoms with Gasteiger partial charge in [0.05, 0.1) is 6.20 Å². The summed E-state index contributed by atoms with van der Waals surface area (Å²) >= 11 is 0. The van der Waals surface area contributed by atoms with Crippen LogP contribution in [0.25, 0.3) is 0 Å². The van der Waals surface area contributed by atoms with Crippen LogP contribution in [0.15, 0.2) is 18.6 Å². The molecule has 148 valence electrons. The fraction of sp³-hybridized carbons (Fsp3) is 0.632. The first-order chi connectivity index (χ1) is 13.0. The minimum Gasteiger partial charge on any atom is -0.339 e. The molecule has 1 aromatic rings. The summed E-state index contributed by atoms with van der Waals surface area (Å²) in [6.07, 6.45) is 7.75. The van der Waals surface area contributed by atoms with Gasteiger partial charge in [-0.25, -0.2) is 4.98 Å². The Morgan fingerprint density at radius 3 is 2.33 bits per heavy atom. The molecular formula is C19H29N5O3. The molecule has 0 bridgehead atoms. The average Bonchev–Trinajstić information content (AvgIpc) is 2.70. The molecule has 1 aliphatic rings. The Labute approximate surface area is 160 Å². The number of carbonyl (C=O) groups excluding carboxylic acids is 3. The number of piperazine rings is 1. The zero-order chi connectivity index (χ0) is 19.6. The molecule has 1 fully saturated rings. The van der Waals surface area contributed by atoms with E-state index in [9.17, 15) is 14.4 Å². The first-order valence-corrected chi connectivity index (χ1v) is 9.61. The van der Waals surface area contributed by atoms with Crippen molar-refractivity contribution in [2.75, 3.05) is 39.3 Å². The van der Waals surface area contributed by atoms with E-state index >= 15 is 0 Å². The number of aromatic nitrogens is 2. The summed E-state index contributed by atoms with van der Waals surface area (Å²) in [6.45, 7) is 6.86. The van der Waals surface area contributed by atoms with Gasteiger partial charge >= 0.3 is 0 Å². The highest BCUT2D eigenvalue weighted by Crippen LogP contribution is 2.08. The monoisotopic (exact) mass is 375 g/mol. The molecular weight excluding hydrogens is 346 g/mol. The van der Waals surface area contributed by atoms with Crippen LogP contribution >= 0.6 is 0 Å². The lowest BCUT2D eigenvalue weighted by atomic mass is 10.2. The first kappa shape index (κ1) is 20.8. The molecule has 1 aromatic heterocycles. The van der Waals surface area contributed by atoms with Crippen LogP contribution in [-0.2, 0) is 9.59 Å². The van der Waals surface area contributed by atoms with Crippen molar-refractivity contribution in [3.8, 4) is 0 Å². The van der Waals surface area contributed by atoms with E-state index in [0.29, 0.717) is 45.0 Å². The summed E-state index contributed by atoms with van der Waals surface area (Å²) < 4.78 is 0. The molecule has 0 unspecified atom stereocenters. The molecule has 27 heavy (non-hydrogen) atoms. The lowest BCUT2D eigenvalue weighted by molar-refractivity contribution is -0.138. The van der Waals surface area contributed by atoms with Gasteiger partial charge in [-0.2, -0.15) is 0 Å². The molecule has 3 amide bonds. The summed E-state index contributed by atoms with van der Waals surface area (Å²) in [6, 6.07) is 0. The molecule has 0 N–H and O–H groups in total. The number of unbranched alkanes of at least 4 members (excludes halogenated alkanes) is 2. The minimum atomic E-state index is -0.187. The second-order valence-electron chi connectivity index (χ2n) is 6.73. The van der Waals surface area contributed by atoms with Crippen molar-refractivity contribution < 1.29 is 14.4 Å². The summed E-state index contributed by atoms with van der Waals surface area (Å²) in [5, 5.41) is 0. The van der Waals surface area contributed by atoms with Crippen molar-refractivity contribution in [2.24, 2.45) is 0 Å². The standard InChI is InChI=1S/C19H29N5O3/c1-3-4-5-9-24(19(27)17-15-20-7-8-21-17)10-6-18(26)23-13-11-22(12-14-23)16(2)25/h7-8,15H,3-6,9-14H2,1-2H3. The van der Waals surface area contributed by atoms with Gasteiger partial charge in [-0.15, -0.1) is 0 Å². The van der Waals surface area contributed by atoms with Gasteiger partial charge in [0.1, 0.15) is 5.69 Å². The smallest absolute Gasteiger partial charge is 0.274 e. The average molecular weight is 375 g/mol. The fourth-order valence-electron chi connectivity index (χ4n) is 3.10. The van der Waals surface area contributed by atoms with E-state index in [4.69, 9.17) is 0 Å². The van der Waals surface area contributed by atoms with Crippen LogP contribution in [-0.4, -0.2) is 81.7 Å². The highest BCUT2D eigenvalue weighted by molar-refractivity contribution is 5.92. The van der Waals surface area contributed by atoms with E-state index in [0.717, 1.165) is 19.3 Å². The third-order valence-electron chi connectivity index (χ3n) is 4.77. The van der Waals surface area contributed by atoms with Crippen molar-refractivity contribution >= 4 is 17.7 Å². The molecule has 2 heterocycles. The van der Waals surface area contributed by atoms with Crippen molar-refractivity contribution in [1.29, 1.82) is 0 Å². The Morgan fingerprint density at radius 2 is 1.74 bits per heavy atom. The van der Waals surface area contributed by atoms with Crippen LogP contribution in [0.3, 0.4) is 0 Å². The van der Waals surface area contributed by atoms with Crippen molar-refractivity contribution in [3.05, 3.63) is 24.3 Å². The van der Waals surface area contributed by atoms with Crippen LogP contribution in [0.2, 0.25) is 0 Å². The summed E-state index contributed by atoms with van der Waals surface area (Å²) in [4.78, 5) is 49.9. The Kier molecular flexibility index (Phi) is 8.16. The van der Waals surface area contributed by atoms with Gasteiger partial charge in [0, 0.05) is 65.0 Å². The zero-order valence-corrected chi connectivity index (χ0v) is 16.3. The molecule has 1 aliphatic heterocycles. The zero-order valence-electron chi connectivity index (χ0n) is 16.3. The van der Waals surface area contributed by atoms with Gasteiger partial charge in [-0.1, -0.05) is 19.8 Å². The predicted octanol–water partition coefficient (Wildman–Crippen LogP) is 1.19. The van der Waals surface area contributed by atoms with Gasteiger partial charge in [0.15, 0.2) is 0 Å².